The first-order chi connectivity index (χ1) is 5.29. The lowest BCUT2D eigenvalue weighted by molar-refractivity contribution is -0.141. The minimum Gasteiger partial charge on any atom is -0.480 e. The second kappa shape index (κ2) is 2.23. The average molecular weight is 154 g/mol. The van der Waals surface area contributed by atoms with Gasteiger partial charge in [-0.3, -0.25) is 5.32 Å². The zero-order valence-electron chi connectivity index (χ0n) is 6.08. The molecule has 11 heavy (non-hydrogen) atoms. The molecule has 0 aromatic rings. The van der Waals surface area contributed by atoms with Crippen LogP contribution in [0.4, 0.5) is 0 Å². The highest BCUT2D eigenvalue weighted by atomic mass is 16.4. The van der Waals surface area contributed by atoms with E-state index in [0.29, 0.717) is 13.1 Å². The van der Waals surface area contributed by atoms with Crippen molar-refractivity contribution in [1.82, 2.24) is 10.2 Å². The van der Waals surface area contributed by atoms with Crippen LogP contribution in [0.25, 0.3) is 0 Å². The Morgan fingerprint density at radius 3 is 3.36 bits per heavy atom. The second-order valence-electron chi connectivity index (χ2n) is 2.84. The molecule has 2 heterocycles. The summed E-state index contributed by atoms with van der Waals surface area (Å²) in [6.07, 6.45) is 2.66. The van der Waals surface area contributed by atoms with Gasteiger partial charge in [-0.25, -0.2) is 4.79 Å². The van der Waals surface area contributed by atoms with Crippen molar-refractivity contribution in [3.63, 3.8) is 0 Å². The molecular formula is C7H10N2O2. The maximum absolute atomic E-state index is 10.6. The van der Waals surface area contributed by atoms with Crippen molar-refractivity contribution in [2.75, 3.05) is 13.2 Å². The third-order valence-corrected chi connectivity index (χ3v) is 2.20. The van der Waals surface area contributed by atoms with Gasteiger partial charge in [0.2, 0.25) is 0 Å². The van der Waals surface area contributed by atoms with E-state index in [1.165, 1.54) is 0 Å². The molecule has 4 heteroatoms. The highest BCUT2D eigenvalue weighted by Crippen LogP contribution is 2.23. The molecule has 60 valence electrons. The van der Waals surface area contributed by atoms with Crippen LogP contribution >= 0.6 is 0 Å². The predicted molar refractivity (Wildman–Crippen MR) is 38.8 cm³/mol. The number of carbonyl (C=O) groups is 1. The fraction of sp³-hybridized carbons (Fsp3) is 0.571. The second-order valence-corrected chi connectivity index (χ2v) is 2.84. The Morgan fingerprint density at radius 2 is 2.64 bits per heavy atom. The van der Waals surface area contributed by atoms with E-state index in [0.717, 1.165) is 12.2 Å². The minimum atomic E-state index is -0.722. The van der Waals surface area contributed by atoms with Crippen molar-refractivity contribution in [2.45, 2.75) is 12.5 Å². The molecule has 1 unspecified atom stereocenters. The Kier molecular flexibility index (Phi) is 1.35. The Labute approximate surface area is 64.5 Å². The molecule has 0 amide bonds. The van der Waals surface area contributed by atoms with Gasteiger partial charge in [0, 0.05) is 12.2 Å². The fourth-order valence-electron chi connectivity index (χ4n) is 1.62. The Bertz CT molecular complexity index is 224. The molecule has 1 atom stereocenters. The molecule has 0 saturated carbocycles. The zero-order chi connectivity index (χ0) is 7.84. The van der Waals surface area contributed by atoms with Crippen LogP contribution in [0.5, 0.6) is 0 Å². The van der Waals surface area contributed by atoms with Gasteiger partial charge < -0.3 is 10.0 Å². The summed E-state index contributed by atoms with van der Waals surface area (Å²) in [6, 6.07) is -0.319. The molecule has 1 fully saturated rings. The summed E-state index contributed by atoms with van der Waals surface area (Å²) in [4.78, 5) is 12.5. The largest absolute Gasteiger partial charge is 0.480 e. The average Bonchev–Trinajstić information content (AvgIpc) is 2.41. The monoisotopic (exact) mass is 154 g/mol. The number of rotatable bonds is 1. The van der Waals surface area contributed by atoms with Crippen LogP contribution in [0, 0.1) is 0 Å². The molecule has 0 radical (unpaired) electrons. The summed E-state index contributed by atoms with van der Waals surface area (Å²) in [5.74, 6) is -0.722. The van der Waals surface area contributed by atoms with Crippen molar-refractivity contribution < 1.29 is 9.90 Å². The first-order valence-electron chi connectivity index (χ1n) is 3.68. The summed E-state index contributed by atoms with van der Waals surface area (Å²) in [5.41, 5.74) is 1.14. The number of fused-ring (bicyclic) bond motifs is 1. The number of carboxylic acids is 1. The van der Waals surface area contributed by atoms with E-state index >= 15 is 0 Å². The van der Waals surface area contributed by atoms with Crippen molar-refractivity contribution in [1.29, 1.82) is 0 Å². The van der Waals surface area contributed by atoms with E-state index < -0.39 is 5.97 Å². The Balaban J connectivity index is 2.15. The van der Waals surface area contributed by atoms with Crippen LogP contribution in [-0.4, -0.2) is 35.2 Å². The third kappa shape index (κ3) is 0.903. The summed E-state index contributed by atoms with van der Waals surface area (Å²) in [5, 5.41) is 11.9. The minimum absolute atomic E-state index is 0.319. The van der Waals surface area contributed by atoms with Gasteiger partial charge in [-0.1, -0.05) is 6.08 Å². The van der Waals surface area contributed by atoms with Gasteiger partial charge in [0.1, 0.15) is 6.04 Å². The summed E-state index contributed by atoms with van der Waals surface area (Å²) >= 11 is 0. The summed E-state index contributed by atoms with van der Waals surface area (Å²) in [6.45, 7) is 1.51. The molecule has 0 aliphatic carbocycles. The lowest BCUT2D eigenvalue weighted by atomic mass is 10.2. The molecule has 0 aromatic heterocycles. The number of carboxylic acid groups (broad SMARTS) is 1. The Hall–Kier alpha value is -1.03. The highest BCUT2D eigenvalue weighted by molar-refractivity contribution is 5.75. The lowest BCUT2D eigenvalue weighted by Gasteiger charge is -2.19. The first kappa shape index (κ1) is 6.67. The SMILES string of the molecule is O=C(O)C1CC=C2CNCN21. The molecule has 1 saturated heterocycles. The van der Waals surface area contributed by atoms with Crippen LogP contribution in [0.1, 0.15) is 6.42 Å². The molecular weight excluding hydrogens is 144 g/mol. The van der Waals surface area contributed by atoms with Gasteiger partial charge in [0.15, 0.2) is 0 Å². The molecule has 4 nitrogen and oxygen atoms in total. The van der Waals surface area contributed by atoms with Crippen LogP contribution in [0.2, 0.25) is 0 Å². The summed E-state index contributed by atoms with van der Waals surface area (Å²) in [7, 11) is 0. The van der Waals surface area contributed by atoms with Crippen molar-refractivity contribution >= 4 is 5.97 Å². The topological polar surface area (TPSA) is 52.6 Å². The Morgan fingerprint density at radius 1 is 1.82 bits per heavy atom. The van der Waals surface area contributed by atoms with Gasteiger partial charge in [-0.15, -0.1) is 0 Å². The van der Waals surface area contributed by atoms with E-state index in [9.17, 15) is 4.79 Å². The van der Waals surface area contributed by atoms with Gasteiger partial charge in [0.05, 0.1) is 6.67 Å². The van der Waals surface area contributed by atoms with Crippen LogP contribution < -0.4 is 5.32 Å². The molecule has 2 aliphatic rings. The molecule has 0 bridgehead atoms. The van der Waals surface area contributed by atoms with Gasteiger partial charge in [0.25, 0.3) is 0 Å². The highest BCUT2D eigenvalue weighted by Gasteiger charge is 2.33. The van der Waals surface area contributed by atoms with E-state index in [1.807, 2.05) is 11.0 Å². The maximum atomic E-state index is 10.6. The normalized spacial score (nSPS) is 28.5. The van der Waals surface area contributed by atoms with Gasteiger partial charge >= 0.3 is 5.97 Å². The number of nitrogens with one attached hydrogen (secondary N) is 1. The predicted octanol–water partition coefficient (Wildman–Crippen LogP) is -0.410. The van der Waals surface area contributed by atoms with Crippen molar-refractivity contribution in [3.8, 4) is 0 Å². The van der Waals surface area contributed by atoms with Crippen LogP contribution in [0.3, 0.4) is 0 Å². The van der Waals surface area contributed by atoms with Gasteiger partial charge in [-0.05, 0) is 6.42 Å². The van der Waals surface area contributed by atoms with Crippen LogP contribution in [0.15, 0.2) is 11.8 Å². The van der Waals surface area contributed by atoms with Gasteiger partial charge in [-0.2, -0.15) is 0 Å². The number of hydrogen-bond donors (Lipinski definition) is 2. The maximum Gasteiger partial charge on any atom is 0.326 e. The number of hydrogen-bond acceptors (Lipinski definition) is 3. The quantitative estimate of drug-likeness (QED) is 0.539. The molecule has 2 aliphatic heterocycles. The summed E-state index contributed by atoms with van der Waals surface area (Å²) < 4.78 is 0. The van der Waals surface area contributed by atoms with E-state index in [1.54, 1.807) is 0 Å². The van der Waals surface area contributed by atoms with Crippen LogP contribution in [-0.2, 0) is 4.79 Å². The van der Waals surface area contributed by atoms with Crippen molar-refractivity contribution in [3.05, 3.63) is 11.8 Å². The molecule has 2 N–H and O–H groups in total. The number of nitrogens with zero attached hydrogens (tertiary/aromatic N) is 1. The zero-order valence-corrected chi connectivity index (χ0v) is 6.08. The lowest BCUT2D eigenvalue weighted by Crippen LogP contribution is -2.35. The fourth-order valence-corrected chi connectivity index (χ4v) is 1.62. The van der Waals surface area contributed by atoms with E-state index in [4.69, 9.17) is 5.11 Å². The third-order valence-electron chi connectivity index (χ3n) is 2.20. The first-order valence-corrected chi connectivity index (χ1v) is 3.68. The molecule has 2 rings (SSSR count). The molecule has 0 aromatic carbocycles. The van der Waals surface area contributed by atoms with E-state index in [-0.39, 0.29) is 6.04 Å². The molecule has 0 spiro atoms. The van der Waals surface area contributed by atoms with E-state index in [2.05, 4.69) is 5.32 Å². The standard InChI is InChI=1S/C7H10N2O2/c10-7(11)6-2-1-5-3-8-4-9(5)6/h1,6,8H,2-4H2,(H,10,11). The van der Waals surface area contributed by atoms with Crippen molar-refractivity contribution in [2.24, 2.45) is 0 Å². The number of aliphatic carboxylic acids is 1. The smallest absolute Gasteiger partial charge is 0.326 e.